The van der Waals surface area contributed by atoms with Crippen molar-refractivity contribution in [3.63, 3.8) is 0 Å². The molecule has 3 rings (SSSR count). The van der Waals surface area contributed by atoms with Crippen LogP contribution in [0.3, 0.4) is 0 Å². The summed E-state index contributed by atoms with van der Waals surface area (Å²) in [5.74, 6) is 1.82. The van der Waals surface area contributed by atoms with Gasteiger partial charge in [-0.05, 0) is 50.2 Å². The van der Waals surface area contributed by atoms with Gasteiger partial charge in [0, 0.05) is 31.9 Å². The quantitative estimate of drug-likeness (QED) is 0.795. The predicted octanol–water partition coefficient (Wildman–Crippen LogP) is 3.24. The molecule has 1 heterocycles. The maximum absolute atomic E-state index is 12.5. The first-order valence-electron chi connectivity index (χ1n) is 9.73. The van der Waals surface area contributed by atoms with Crippen LogP contribution in [-0.2, 0) is 4.79 Å². The second kappa shape index (κ2) is 9.35. The molecule has 0 atom stereocenters. The number of carbonyl (C=O) groups is 1. The summed E-state index contributed by atoms with van der Waals surface area (Å²) in [6.45, 7) is 7.30. The molecule has 2 aromatic carbocycles. The minimum Gasteiger partial charge on any atom is -0.495 e. The Morgan fingerprint density at radius 3 is 2.36 bits per heavy atom. The van der Waals surface area contributed by atoms with Crippen molar-refractivity contribution < 1.29 is 14.3 Å². The van der Waals surface area contributed by atoms with E-state index in [4.69, 9.17) is 9.47 Å². The van der Waals surface area contributed by atoms with Gasteiger partial charge in [-0.3, -0.25) is 4.79 Å². The van der Waals surface area contributed by atoms with Gasteiger partial charge in [0.1, 0.15) is 11.5 Å². The molecule has 0 aromatic heterocycles. The van der Waals surface area contributed by atoms with Gasteiger partial charge in [0.05, 0.1) is 25.4 Å². The topological polar surface area (TPSA) is 54.0 Å². The maximum atomic E-state index is 12.5. The van der Waals surface area contributed by atoms with Crippen LogP contribution in [0.25, 0.3) is 0 Å². The van der Waals surface area contributed by atoms with Gasteiger partial charge in [0.25, 0.3) is 0 Å². The molecule has 0 spiro atoms. The van der Waals surface area contributed by atoms with Gasteiger partial charge >= 0.3 is 0 Å². The molecule has 2 aromatic rings. The molecule has 6 heteroatoms. The molecule has 1 N–H and O–H groups in total. The average molecular weight is 383 g/mol. The Morgan fingerprint density at radius 1 is 1.04 bits per heavy atom. The number of para-hydroxylation sites is 2. The zero-order valence-electron chi connectivity index (χ0n) is 16.9. The lowest BCUT2D eigenvalue weighted by atomic mass is 10.2. The van der Waals surface area contributed by atoms with E-state index >= 15 is 0 Å². The van der Waals surface area contributed by atoms with E-state index in [1.54, 1.807) is 7.11 Å². The molecule has 0 bridgehead atoms. The summed E-state index contributed by atoms with van der Waals surface area (Å²) in [5, 5.41) is 3.20. The number of ether oxygens (including phenoxy) is 2. The predicted molar refractivity (Wildman–Crippen MR) is 112 cm³/mol. The second-order valence-electron chi connectivity index (χ2n) is 7.08. The van der Waals surface area contributed by atoms with E-state index in [1.807, 2.05) is 61.2 Å². The lowest BCUT2D eigenvalue weighted by molar-refractivity contribution is -0.129. The summed E-state index contributed by atoms with van der Waals surface area (Å²) in [7, 11) is 1.69. The normalized spacial score (nSPS) is 14.1. The van der Waals surface area contributed by atoms with Crippen LogP contribution >= 0.6 is 0 Å². The van der Waals surface area contributed by atoms with Crippen LogP contribution in [0.5, 0.6) is 11.5 Å². The zero-order chi connectivity index (χ0) is 19.9. The first kappa shape index (κ1) is 19.9. The Bertz CT molecular complexity index is 769. The van der Waals surface area contributed by atoms with E-state index in [0.29, 0.717) is 19.6 Å². The number of hydrogen-bond acceptors (Lipinski definition) is 5. The van der Waals surface area contributed by atoms with Crippen molar-refractivity contribution in [3.05, 3.63) is 48.5 Å². The van der Waals surface area contributed by atoms with Crippen molar-refractivity contribution >= 4 is 17.3 Å². The minimum atomic E-state index is 0.113. The number of amides is 1. The molecule has 0 aliphatic carbocycles. The van der Waals surface area contributed by atoms with E-state index in [-0.39, 0.29) is 12.0 Å². The fraction of sp³-hybridized carbons (Fsp3) is 0.409. The molecular formula is C22H29N3O3. The summed E-state index contributed by atoms with van der Waals surface area (Å²) in [5.41, 5.74) is 2.00. The van der Waals surface area contributed by atoms with Crippen LogP contribution in [0.4, 0.5) is 11.4 Å². The van der Waals surface area contributed by atoms with E-state index in [0.717, 1.165) is 36.0 Å². The Kier molecular flexibility index (Phi) is 6.63. The van der Waals surface area contributed by atoms with Crippen LogP contribution in [-0.4, -0.2) is 56.7 Å². The highest BCUT2D eigenvalue weighted by atomic mass is 16.5. The van der Waals surface area contributed by atoms with Crippen molar-refractivity contribution in [3.8, 4) is 11.5 Å². The molecule has 1 amide bonds. The number of carbonyl (C=O) groups excluding carboxylic acids is 1. The highest BCUT2D eigenvalue weighted by Crippen LogP contribution is 2.28. The van der Waals surface area contributed by atoms with Crippen LogP contribution in [0, 0.1) is 0 Å². The van der Waals surface area contributed by atoms with Crippen molar-refractivity contribution in [2.75, 3.05) is 50.1 Å². The van der Waals surface area contributed by atoms with Gasteiger partial charge in [-0.15, -0.1) is 0 Å². The second-order valence-corrected chi connectivity index (χ2v) is 7.08. The number of rotatable bonds is 7. The van der Waals surface area contributed by atoms with E-state index < -0.39 is 0 Å². The Hall–Kier alpha value is -2.89. The van der Waals surface area contributed by atoms with Gasteiger partial charge in [-0.1, -0.05) is 12.1 Å². The largest absolute Gasteiger partial charge is 0.495 e. The summed E-state index contributed by atoms with van der Waals surface area (Å²) in [6.07, 6.45) is 0.148. The lowest BCUT2D eigenvalue weighted by Gasteiger charge is -2.36. The average Bonchev–Trinajstić information content (AvgIpc) is 2.72. The van der Waals surface area contributed by atoms with Crippen molar-refractivity contribution in [2.24, 2.45) is 0 Å². The minimum absolute atomic E-state index is 0.113. The number of benzene rings is 2. The van der Waals surface area contributed by atoms with E-state index in [9.17, 15) is 4.79 Å². The molecule has 0 saturated carbocycles. The number of anilines is 2. The third kappa shape index (κ3) is 5.09. The standard InChI is InChI=1S/C22H29N3O3/c1-17(2)28-19-10-8-18(9-11-19)23-16-22(26)25-14-12-24(13-15-25)20-6-4-5-7-21(20)27-3/h4-11,17,23H,12-16H2,1-3H3. The van der Waals surface area contributed by atoms with Crippen LogP contribution in [0.1, 0.15) is 13.8 Å². The SMILES string of the molecule is COc1ccccc1N1CCN(C(=O)CNc2ccc(OC(C)C)cc2)CC1. The van der Waals surface area contributed by atoms with Crippen molar-refractivity contribution in [2.45, 2.75) is 20.0 Å². The summed E-state index contributed by atoms with van der Waals surface area (Å²) < 4.78 is 11.1. The van der Waals surface area contributed by atoms with Gasteiger partial charge in [-0.25, -0.2) is 0 Å². The van der Waals surface area contributed by atoms with Crippen LogP contribution < -0.4 is 19.7 Å². The molecule has 150 valence electrons. The van der Waals surface area contributed by atoms with Gasteiger partial charge < -0.3 is 24.6 Å². The number of hydrogen-bond donors (Lipinski definition) is 1. The molecule has 0 radical (unpaired) electrons. The molecule has 28 heavy (non-hydrogen) atoms. The Morgan fingerprint density at radius 2 is 1.71 bits per heavy atom. The maximum Gasteiger partial charge on any atom is 0.241 e. The Labute approximate surface area is 167 Å². The number of piperazine rings is 1. The van der Waals surface area contributed by atoms with E-state index in [1.165, 1.54) is 0 Å². The van der Waals surface area contributed by atoms with Gasteiger partial charge in [-0.2, -0.15) is 0 Å². The van der Waals surface area contributed by atoms with Crippen LogP contribution in [0.2, 0.25) is 0 Å². The number of nitrogens with zero attached hydrogens (tertiary/aromatic N) is 2. The molecular weight excluding hydrogens is 354 g/mol. The number of methoxy groups -OCH3 is 1. The molecule has 1 saturated heterocycles. The van der Waals surface area contributed by atoms with Crippen LogP contribution in [0.15, 0.2) is 48.5 Å². The summed E-state index contributed by atoms with van der Waals surface area (Å²) in [4.78, 5) is 16.7. The lowest BCUT2D eigenvalue weighted by Crippen LogP contribution is -2.50. The number of nitrogens with one attached hydrogen (secondary N) is 1. The smallest absolute Gasteiger partial charge is 0.241 e. The molecule has 1 aliphatic rings. The molecule has 6 nitrogen and oxygen atoms in total. The molecule has 1 aliphatic heterocycles. The fourth-order valence-electron chi connectivity index (χ4n) is 3.30. The highest BCUT2D eigenvalue weighted by Gasteiger charge is 2.22. The van der Waals surface area contributed by atoms with Gasteiger partial charge in [0.15, 0.2) is 0 Å². The van der Waals surface area contributed by atoms with Crippen molar-refractivity contribution in [1.29, 1.82) is 0 Å². The third-order valence-electron chi connectivity index (χ3n) is 4.73. The first-order valence-corrected chi connectivity index (χ1v) is 9.73. The van der Waals surface area contributed by atoms with Gasteiger partial charge in [0.2, 0.25) is 5.91 Å². The first-order chi connectivity index (χ1) is 13.6. The zero-order valence-corrected chi connectivity index (χ0v) is 16.9. The fourth-order valence-corrected chi connectivity index (χ4v) is 3.30. The van der Waals surface area contributed by atoms with E-state index in [2.05, 4.69) is 16.3 Å². The monoisotopic (exact) mass is 383 g/mol. The van der Waals surface area contributed by atoms with Crippen molar-refractivity contribution in [1.82, 2.24) is 4.90 Å². The molecule has 0 unspecified atom stereocenters. The Balaban J connectivity index is 1.47. The summed E-state index contributed by atoms with van der Waals surface area (Å²) >= 11 is 0. The molecule has 1 fully saturated rings. The summed E-state index contributed by atoms with van der Waals surface area (Å²) in [6, 6.07) is 15.7. The highest BCUT2D eigenvalue weighted by molar-refractivity contribution is 5.81. The third-order valence-corrected chi connectivity index (χ3v) is 4.73.